The van der Waals surface area contributed by atoms with Gasteiger partial charge in [0, 0.05) is 11.1 Å². The van der Waals surface area contributed by atoms with E-state index >= 15 is 0 Å². The lowest BCUT2D eigenvalue weighted by atomic mass is 10.2. The largest absolute Gasteiger partial charge is 0.465 e. The number of rotatable bonds is 4. The summed E-state index contributed by atoms with van der Waals surface area (Å²) in [5.41, 5.74) is -0.504. The molecule has 1 aromatic heterocycles. The number of hydrogen-bond donors (Lipinski definition) is 1. The summed E-state index contributed by atoms with van der Waals surface area (Å²) in [7, 11) is 1.10. The number of methoxy groups -OCH3 is 1. The molecule has 0 amide bonds. The van der Waals surface area contributed by atoms with E-state index in [0.717, 1.165) is 18.1 Å². The van der Waals surface area contributed by atoms with Crippen molar-refractivity contribution in [2.75, 3.05) is 12.4 Å². The SMILES string of the molecule is COC(=O)c1ccc(NCc2cnc(Cl)s2)c(F)c1F. The molecule has 1 heterocycles. The van der Waals surface area contributed by atoms with Crippen LogP contribution >= 0.6 is 22.9 Å². The van der Waals surface area contributed by atoms with Gasteiger partial charge in [-0.2, -0.15) is 0 Å². The van der Waals surface area contributed by atoms with Gasteiger partial charge in [0.1, 0.15) is 0 Å². The highest BCUT2D eigenvalue weighted by atomic mass is 35.5. The number of carbonyl (C=O) groups excluding carboxylic acids is 1. The number of anilines is 1. The molecule has 4 nitrogen and oxygen atoms in total. The Morgan fingerprint density at radius 2 is 2.20 bits per heavy atom. The van der Waals surface area contributed by atoms with E-state index in [2.05, 4.69) is 15.0 Å². The average molecular weight is 319 g/mol. The molecule has 106 valence electrons. The molecule has 2 rings (SSSR count). The molecule has 20 heavy (non-hydrogen) atoms. The van der Waals surface area contributed by atoms with Crippen molar-refractivity contribution in [2.24, 2.45) is 0 Å². The first-order chi connectivity index (χ1) is 9.52. The summed E-state index contributed by atoms with van der Waals surface area (Å²) in [6.07, 6.45) is 1.54. The highest BCUT2D eigenvalue weighted by molar-refractivity contribution is 7.15. The minimum absolute atomic E-state index is 0.0559. The van der Waals surface area contributed by atoms with Gasteiger partial charge in [-0.25, -0.2) is 18.6 Å². The van der Waals surface area contributed by atoms with Gasteiger partial charge >= 0.3 is 5.97 Å². The first-order valence-electron chi connectivity index (χ1n) is 5.43. The number of thiazole rings is 1. The molecular weight excluding hydrogens is 310 g/mol. The van der Waals surface area contributed by atoms with Gasteiger partial charge in [0.15, 0.2) is 16.1 Å². The van der Waals surface area contributed by atoms with Crippen molar-refractivity contribution in [1.29, 1.82) is 0 Å². The van der Waals surface area contributed by atoms with Crippen molar-refractivity contribution in [1.82, 2.24) is 4.98 Å². The molecule has 2 aromatic rings. The number of benzene rings is 1. The number of ether oxygens (including phenoxy) is 1. The third-order valence-electron chi connectivity index (χ3n) is 2.47. The fourth-order valence-corrected chi connectivity index (χ4v) is 2.42. The maximum atomic E-state index is 13.8. The minimum atomic E-state index is -1.25. The van der Waals surface area contributed by atoms with E-state index in [-0.39, 0.29) is 12.2 Å². The Balaban J connectivity index is 2.17. The molecule has 0 saturated heterocycles. The number of aromatic nitrogens is 1. The molecule has 1 N–H and O–H groups in total. The number of halogens is 3. The second-order valence-electron chi connectivity index (χ2n) is 3.71. The fraction of sp³-hybridized carbons (Fsp3) is 0.167. The summed E-state index contributed by atoms with van der Waals surface area (Å²) in [6.45, 7) is 0.248. The van der Waals surface area contributed by atoms with E-state index in [1.54, 1.807) is 0 Å². The van der Waals surface area contributed by atoms with E-state index in [9.17, 15) is 13.6 Å². The second kappa shape index (κ2) is 6.15. The molecule has 0 aliphatic rings. The van der Waals surface area contributed by atoms with Gasteiger partial charge in [0.2, 0.25) is 0 Å². The summed E-state index contributed by atoms with van der Waals surface area (Å²) in [5, 5.41) is 2.71. The van der Waals surface area contributed by atoms with Crippen LogP contribution in [0.4, 0.5) is 14.5 Å². The number of hydrogen-bond acceptors (Lipinski definition) is 5. The molecule has 0 aliphatic carbocycles. The van der Waals surface area contributed by atoms with E-state index in [0.29, 0.717) is 4.47 Å². The minimum Gasteiger partial charge on any atom is -0.465 e. The Kier molecular flexibility index (Phi) is 4.51. The molecule has 0 aliphatic heterocycles. The number of esters is 1. The van der Waals surface area contributed by atoms with Crippen LogP contribution in [-0.4, -0.2) is 18.1 Å². The molecule has 0 unspecified atom stereocenters. The zero-order chi connectivity index (χ0) is 14.7. The molecular formula is C12H9ClF2N2O2S. The van der Waals surface area contributed by atoms with Crippen LogP contribution in [-0.2, 0) is 11.3 Å². The fourth-order valence-electron chi connectivity index (χ4n) is 1.50. The van der Waals surface area contributed by atoms with Crippen LogP contribution in [0.15, 0.2) is 18.3 Å². The van der Waals surface area contributed by atoms with E-state index < -0.39 is 23.2 Å². The van der Waals surface area contributed by atoms with Gasteiger partial charge < -0.3 is 10.1 Å². The zero-order valence-electron chi connectivity index (χ0n) is 10.2. The van der Waals surface area contributed by atoms with Crippen molar-refractivity contribution in [3.63, 3.8) is 0 Å². The van der Waals surface area contributed by atoms with Gasteiger partial charge in [-0.1, -0.05) is 11.6 Å². The second-order valence-corrected chi connectivity index (χ2v) is 5.41. The topological polar surface area (TPSA) is 51.2 Å². The lowest BCUT2D eigenvalue weighted by Crippen LogP contribution is -2.09. The molecule has 0 spiro atoms. The van der Waals surface area contributed by atoms with Crippen molar-refractivity contribution in [2.45, 2.75) is 6.54 Å². The van der Waals surface area contributed by atoms with Gasteiger partial charge in [0.05, 0.1) is 24.9 Å². The number of nitrogens with zero attached hydrogens (tertiary/aromatic N) is 1. The highest BCUT2D eigenvalue weighted by Gasteiger charge is 2.19. The maximum Gasteiger partial charge on any atom is 0.340 e. The van der Waals surface area contributed by atoms with Crippen LogP contribution < -0.4 is 5.32 Å². The Bertz CT molecular complexity index is 648. The monoisotopic (exact) mass is 318 g/mol. The summed E-state index contributed by atoms with van der Waals surface area (Å²) in [4.78, 5) is 15.8. The Labute approximate surface area is 122 Å². The lowest BCUT2D eigenvalue weighted by molar-refractivity contribution is 0.0594. The number of carbonyl (C=O) groups is 1. The summed E-state index contributed by atoms with van der Waals surface area (Å²) in [5.74, 6) is -3.31. The van der Waals surface area contributed by atoms with Crippen LogP contribution in [0.2, 0.25) is 4.47 Å². The quantitative estimate of drug-likeness (QED) is 0.877. The standard InChI is InChI=1S/C12H9ClF2N2O2S/c1-19-11(18)7-2-3-8(10(15)9(7)14)16-4-6-5-17-12(13)20-6/h2-3,5,16H,4H2,1H3. The van der Waals surface area contributed by atoms with Crippen molar-refractivity contribution >= 4 is 34.6 Å². The van der Waals surface area contributed by atoms with Gasteiger partial charge in [-0.15, -0.1) is 11.3 Å². The van der Waals surface area contributed by atoms with Crippen molar-refractivity contribution in [3.05, 3.63) is 44.9 Å². The van der Waals surface area contributed by atoms with Crippen molar-refractivity contribution in [3.8, 4) is 0 Å². The zero-order valence-corrected chi connectivity index (χ0v) is 11.8. The Morgan fingerprint density at radius 3 is 2.80 bits per heavy atom. The lowest BCUT2D eigenvalue weighted by Gasteiger charge is -2.08. The predicted molar refractivity (Wildman–Crippen MR) is 72.1 cm³/mol. The first-order valence-corrected chi connectivity index (χ1v) is 6.62. The summed E-state index contributed by atoms with van der Waals surface area (Å²) < 4.78 is 32.2. The van der Waals surface area contributed by atoms with Crippen LogP contribution in [0.25, 0.3) is 0 Å². The Morgan fingerprint density at radius 1 is 1.45 bits per heavy atom. The smallest absolute Gasteiger partial charge is 0.340 e. The van der Waals surface area contributed by atoms with E-state index in [4.69, 9.17) is 11.6 Å². The maximum absolute atomic E-state index is 13.8. The van der Waals surface area contributed by atoms with Crippen LogP contribution in [0.5, 0.6) is 0 Å². The molecule has 0 radical (unpaired) electrons. The molecule has 1 aromatic carbocycles. The number of nitrogens with one attached hydrogen (secondary N) is 1. The molecule has 0 fully saturated rings. The highest BCUT2D eigenvalue weighted by Crippen LogP contribution is 2.23. The molecule has 0 saturated carbocycles. The summed E-state index contributed by atoms with van der Waals surface area (Å²) in [6, 6.07) is 2.43. The Hall–Kier alpha value is -1.73. The van der Waals surface area contributed by atoms with Gasteiger partial charge in [0.25, 0.3) is 0 Å². The normalized spacial score (nSPS) is 10.4. The van der Waals surface area contributed by atoms with Gasteiger partial charge in [-0.3, -0.25) is 0 Å². The van der Waals surface area contributed by atoms with Crippen LogP contribution in [0.3, 0.4) is 0 Å². The van der Waals surface area contributed by atoms with Crippen LogP contribution in [0.1, 0.15) is 15.2 Å². The third kappa shape index (κ3) is 3.05. The molecule has 0 bridgehead atoms. The van der Waals surface area contributed by atoms with Gasteiger partial charge in [-0.05, 0) is 12.1 Å². The average Bonchev–Trinajstić information content (AvgIpc) is 2.85. The predicted octanol–water partition coefficient (Wildman–Crippen LogP) is 3.47. The first kappa shape index (κ1) is 14.7. The third-order valence-corrected chi connectivity index (χ3v) is 3.58. The van der Waals surface area contributed by atoms with E-state index in [1.807, 2.05) is 0 Å². The van der Waals surface area contributed by atoms with E-state index in [1.165, 1.54) is 23.6 Å². The van der Waals surface area contributed by atoms with Crippen LogP contribution in [0, 0.1) is 11.6 Å². The summed E-state index contributed by atoms with van der Waals surface area (Å²) >= 11 is 6.89. The molecule has 0 atom stereocenters. The molecule has 8 heteroatoms. The van der Waals surface area contributed by atoms with Crippen molar-refractivity contribution < 1.29 is 18.3 Å².